The summed E-state index contributed by atoms with van der Waals surface area (Å²) in [5.74, 6) is -0.988. The number of aromatic amines is 1. The fraction of sp³-hybridized carbons (Fsp3) is 0.364. The molecule has 1 heterocycles. The van der Waals surface area contributed by atoms with E-state index in [4.69, 9.17) is 17.0 Å². The molecule has 0 amide bonds. The topological polar surface area (TPSA) is 42.8 Å². The zero-order valence-corrected chi connectivity index (χ0v) is 17.9. The van der Waals surface area contributed by atoms with Crippen LogP contribution in [0.5, 0.6) is 5.75 Å². The molecule has 3 aromatic rings. The molecule has 29 heavy (non-hydrogen) atoms. The van der Waals surface area contributed by atoms with Gasteiger partial charge in [0, 0.05) is 12.1 Å². The molecule has 7 heteroatoms. The lowest BCUT2D eigenvalue weighted by atomic mass is 9.87. The molecule has 154 valence electrons. The van der Waals surface area contributed by atoms with Crippen LogP contribution in [0.1, 0.15) is 38.3 Å². The third-order valence-corrected chi connectivity index (χ3v) is 5.19. The smallest absolute Gasteiger partial charge is 0.195 e. The normalized spacial score (nSPS) is 11.7. The Morgan fingerprint density at radius 2 is 1.72 bits per heavy atom. The van der Waals surface area contributed by atoms with Gasteiger partial charge in [0.1, 0.15) is 0 Å². The highest BCUT2D eigenvalue weighted by atomic mass is 32.1. The number of methoxy groups -OCH3 is 1. The Morgan fingerprint density at radius 3 is 2.28 bits per heavy atom. The standard InChI is InChI=1S/C22H25F2N3OS/c1-22(2,3)16-9-7-15(8-10-16)20-25-26-21(29)27(20)11-5-6-14-12-17(23)19(28-4)18(24)13-14/h7-10,12-13H,5-6,11H2,1-4H3,(H,26,29). The average molecular weight is 418 g/mol. The average Bonchev–Trinajstić information content (AvgIpc) is 3.02. The number of nitrogens with zero attached hydrogens (tertiary/aromatic N) is 2. The Kier molecular flexibility index (Phi) is 6.17. The van der Waals surface area contributed by atoms with E-state index in [0.29, 0.717) is 29.7 Å². The Labute approximate surface area is 174 Å². The van der Waals surface area contributed by atoms with Crippen molar-refractivity contribution in [2.75, 3.05) is 7.11 Å². The molecular formula is C22H25F2N3OS. The number of ether oxygens (including phenoxy) is 1. The van der Waals surface area contributed by atoms with Crippen LogP contribution in [0.15, 0.2) is 36.4 Å². The lowest BCUT2D eigenvalue weighted by Gasteiger charge is -2.19. The summed E-state index contributed by atoms with van der Waals surface area (Å²) in [6, 6.07) is 10.9. The van der Waals surface area contributed by atoms with Crippen LogP contribution in [0, 0.1) is 16.4 Å². The number of benzene rings is 2. The number of hydrogen-bond donors (Lipinski definition) is 1. The molecule has 1 aromatic heterocycles. The molecule has 0 aliphatic carbocycles. The van der Waals surface area contributed by atoms with Crippen molar-refractivity contribution in [3.63, 3.8) is 0 Å². The Hall–Kier alpha value is -2.54. The van der Waals surface area contributed by atoms with E-state index in [0.717, 1.165) is 11.4 Å². The van der Waals surface area contributed by atoms with Crippen molar-refractivity contribution in [3.05, 3.63) is 63.9 Å². The predicted octanol–water partition coefficient (Wildman–Crippen LogP) is 5.82. The van der Waals surface area contributed by atoms with Gasteiger partial charge in [-0.05, 0) is 53.7 Å². The molecule has 0 spiro atoms. The van der Waals surface area contributed by atoms with Crippen LogP contribution < -0.4 is 4.74 Å². The molecule has 1 N–H and O–H groups in total. The first kappa shape index (κ1) is 21.2. The molecule has 0 saturated heterocycles. The second-order valence-corrected chi connectivity index (χ2v) is 8.41. The quantitative estimate of drug-likeness (QED) is 0.514. The van der Waals surface area contributed by atoms with E-state index in [1.54, 1.807) is 0 Å². The highest BCUT2D eigenvalue weighted by Crippen LogP contribution is 2.26. The van der Waals surface area contributed by atoms with Crippen LogP contribution in [0.25, 0.3) is 11.4 Å². The van der Waals surface area contributed by atoms with E-state index in [2.05, 4.69) is 43.1 Å². The molecule has 3 rings (SSSR count). The zero-order chi connectivity index (χ0) is 21.2. The Morgan fingerprint density at radius 1 is 1.10 bits per heavy atom. The predicted molar refractivity (Wildman–Crippen MR) is 113 cm³/mol. The molecule has 0 saturated carbocycles. The molecule has 0 bridgehead atoms. The number of halogens is 2. The SMILES string of the molecule is COc1c(F)cc(CCCn2c(-c3ccc(C(C)(C)C)cc3)n[nH]c2=S)cc1F. The summed E-state index contributed by atoms with van der Waals surface area (Å²) in [7, 11) is 1.25. The minimum atomic E-state index is -0.693. The van der Waals surface area contributed by atoms with Crippen LogP contribution in [0.4, 0.5) is 8.78 Å². The number of hydrogen-bond acceptors (Lipinski definition) is 3. The van der Waals surface area contributed by atoms with Gasteiger partial charge in [0.05, 0.1) is 7.11 Å². The van der Waals surface area contributed by atoms with Gasteiger partial charge >= 0.3 is 0 Å². The van der Waals surface area contributed by atoms with Gasteiger partial charge in [-0.25, -0.2) is 8.78 Å². The van der Waals surface area contributed by atoms with Crippen LogP contribution in [-0.2, 0) is 18.4 Å². The number of aromatic nitrogens is 3. The van der Waals surface area contributed by atoms with E-state index in [-0.39, 0.29) is 11.2 Å². The van der Waals surface area contributed by atoms with Crippen molar-refractivity contribution >= 4 is 12.2 Å². The van der Waals surface area contributed by atoms with E-state index in [1.165, 1.54) is 24.8 Å². The van der Waals surface area contributed by atoms with Crippen molar-refractivity contribution in [2.45, 2.75) is 45.6 Å². The maximum absolute atomic E-state index is 13.9. The lowest BCUT2D eigenvalue weighted by Crippen LogP contribution is -2.10. The van der Waals surface area contributed by atoms with Crippen LogP contribution in [0.2, 0.25) is 0 Å². The van der Waals surface area contributed by atoms with Crippen molar-refractivity contribution in [1.29, 1.82) is 0 Å². The molecule has 0 atom stereocenters. The zero-order valence-electron chi connectivity index (χ0n) is 17.1. The summed E-state index contributed by atoms with van der Waals surface area (Å²) in [5, 5.41) is 7.21. The Balaban J connectivity index is 1.75. The van der Waals surface area contributed by atoms with Crippen LogP contribution in [-0.4, -0.2) is 21.9 Å². The number of nitrogens with one attached hydrogen (secondary N) is 1. The van der Waals surface area contributed by atoms with E-state index in [9.17, 15) is 8.78 Å². The maximum Gasteiger partial charge on any atom is 0.195 e. The van der Waals surface area contributed by atoms with Crippen LogP contribution in [0.3, 0.4) is 0 Å². The van der Waals surface area contributed by atoms with Gasteiger partial charge in [0.2, 0.25) is 0 Å². The van der Waals surface area contributed by atoms with Gasteiger partial charge in [-0.2, -0.15) is 5.10 Å². The number of H-pyrrole nitrogens is 1. The minimum absolute atomic E-state index is 0.0756. The van der Waals surface area contributed by atoms with Gasteiger partial charge in [0.15, 0.2) is 28.0 Å². The van der Waals surface area contributed by atoms with Crippen molar-refractivity contribution in [1.82, 2.24) is 14.8 Å². The molecule has 4 nitrogen and oxygen atoms in total. The van der Waals surface area contributed by atoms with Gasteiger partial charge in [-0.1, -0.05) is 45.0 Å². The summed E-state index contributed by atoms with van der Waals surface area (Å²) in [5.41, 5.74) is 2.86. The fourth-order valence-corrected chi connectivity index (χ4v) is 3.48. The number of aryl methyl sites for hydroxylation is 1. The third-order valence-electron chi connectivity index (χ3n) is 4.88. The molecule has 0 aliphatic heterocycles. The highest BCUT2D eigenvalue weighted by Gasteiger charge is 2.15. The highest BCUT2D eigenvalue weighted by molar-refractivity contribution is 7.71. The summed E-state index contributed by atoms with van der Waals surface area (Å²) in [6.45, 7) is 7.09. The molecule has 0 aliphatic rings. The van der Waals surface area contributed by atoms with Gasteiger partial charge < -0.3 is 9.30 Å². The molecule has 0 fully saturated rings. The first-order valence-corrected chi connectivity index (χ1v) is 9.89. The molecule has 0 radical (unpaired) electrons. The number of rotatable bonds is 6. The van der Waals surface area contributed by atoms with E-state index < -0.39 is 11.6 Å². The third kappa shape index (κ3) is 4.72. The molecular weight excluding hydrogens is 392 g/mol. The molecule has 2 aromatic carbocycles. The molecule has 0 unspecified atom stereocenters. The largest absolute Gasteiger partial charge is 0.491 e. The fourth-order valence-electron chi connectivity index (χ4n) is 3.26. The first-order chi connectivity index (χ1) is 13.7. The maximum atomic E-state index is 13.9. The summed E-state index contributed by atoms with van der Waals surface area (Å²) >= 11 is 5.37. The first-order valence-electron chi connectivity index (χ1n) is 9.48. The lowest BCUT2D eigenvalue weighted by molar-refractivity contribution is 0.359. The van der Waals surface area contributed by atoms with Gasteiger partial charge in [-0.3, -0.25) is 5.10 Å². The summed E-state index contributed by atoms with van der Waals surface area (Å²) in [6.07, 6.45) is 1.17. The van der Waals surface area contributed by atoms with E-state index >= 15 is 0 Å². The monoisotopic (exact) mass is 417 g/mol. The second-order valence-electron chi connectivity index (χ2n) is 8.03. The van der Waals surface area contributed by atoms with Crippen molar-refractivity contribution in [2.24, 2.45) is 0 Å². The van der Waals surface area contributed by atoms with Crippen molar-refractivity contribution in [3.8, 4) is 17.1 Å². The van der Waals surface area contributed by atoms with Crippen LogP contribution >= 0.6 is 12.2 Å². The minimum Gasteiger partial charge on any atom is -0.491 e. The summed E-state index contributed by atoms with van der Waals surface area (Å²) < 4.78 is 34.9. The van der Waals surface area contributed by atoms with Gasteiger partial charge in [-0.15, -0.1) is 0 Å². The van der Waals surface area contributed by atoms with Crippen molar-refractivity contribution < 1.29 is 13.5 Å². The second kappa shape index (κ2) is 8.45. The summed E-state index contributed by atoms with van der Waals surface area (Å²) in [4.78, 5) is 0. The van der Waals surface area contributed by atoms with E-state index in [1.807, 2.05) is 16.7 Å². The Bertz CT molecular complexity index is 1030. The van der Waals surface area contributed by atoms with Gasteiger partial charge in [0.25, 0.3) is 0 Å².